The quantitative estimate of drug-likeness (QED) is 0.790. The summed E-state index contributed by atoms with van der Waals surface area (Å²) in [5.41, 5.74) is 1.69. The van der Waals surface area contributed by atoms with Crippen LogP contribution in [0.15, 0.2) is 6.20 Å². The van der Waals surface area contributed by atoms with Crippen molar-refractivity contribution >= 4 is 6.09 Å². The van der Waals surface area contributed by atoms with Gasteiger partial charge in [-0.05, 0) is 45.6 Å². The second-order valence-electron chi connectivity index (χ2n) is 6.63. The standard InChI is InChI=1S/C15H21N3O2/c1-15(2,3)20-14(19)18-7-6-11-8-16-13(10-4-5-10)17-12(11)9-18/h8,10H,4-7,9H2,1-3H3. The molecule has 1 aliphatic heterocycles. The van der Waals surface area contributed by atoms with Gasteiger partial charge in [-0.1, -0.05) is 0 Å². The number of carbonyl (C=O) groups is 1. The highest BCUT2D eigenvalue weighted by atomic mass is 16.6. The van der Waals surface area contributed by atoms with Crippen LogP contribution in [0.25, 0.3) is 0 Å². The third-order valence-corrected chi connectivity index (χ3v) is 3.56. The van der Waals surface area contributed by atoms with Crippen LogP contribution in [0.3, 0.4) is 0 Å². The van der Waals surface area contributed by atoms with E-state index in [-0.39, 0.29) is 6.09 Å². The predicted molar refractivity (Wildman–Crippen MR) is 74.4 cm³/mol. The molecule has 3 rings (SSSR count). The van der Waals surface area contributed by atoms with Gasteiger partial charge < -0.3 is 9.64 Å². The van der Waals surface area contributed by atoms with E-state index >= 15 is 0 Å². The molecule has 2 heterocycles. The van der Waals surface area contributed by atoms with Crippen LogP contribution < -0.4 is 0 Å². The molecule has 0 saturated heterocycles. The number of hydrogen-bond donors (Lipinski definition) is 0. The Morgan fingerprint density at radius 2 is 2.15 bits per heavy atom. The summed E-state index contributed by atoms with van der Waals surface area (Å²) in [6.07, 6.45) is 4.86. The van der Waals surface area contributed by atoms with Crippen LogP contribution in [0.1, 0.15) is 56.6 Å². The van der Waals surface area contributed by atoms with E-state index in [1.807, 2.05) is 27.0 Å². The van der Waals surface area contributed by atoms with Crippen molar-refractivity contribution in [3.05, 3.63) is 23.3 Å². The third-order valence-electron chi connectivity index (χ3n) is 3.56. The van der Waals surface area contributed by atoms with Crippen LogP contribution in [-0.4, -0.2) is 33.1 Å². The Labute approximate surface area is 119 Å². The van der Waals surface area contributed by atoms with E-state index in [1.165, 1.54) is 12.8 Å². The van der Waals surface area contributed by atoms with Gasteiger partial charge in [0.2, 0.25) is 0 Å². The van der Waals surface area contributed by atoms with Gasteiger partial charge >= 0.3 is 6.09 Å². The lowest BCUT2D eigenvalue weighted by molar-refractivity contribution is 0.0220. The van der Waals surface area contributed by atoms with Gasteiger partial charge in [0, 0.05) is 18.7 Å². The molecular weight excluding hydrogens is 254 g/mol. The van der Waals surface area contributed by atoms with E-state index in [9.17, 15) is 4.79 Å². The zero-order valence-corrected chi connectivity index (χ0v) is 12.3. The minimum absolute atomic E-state index is 0.255. The first-order chi connectivity index (χ1) is 9.42. The molecular formula is C15H21N3O2. The maximum absolute atomic E-state index is 12.1. The zero-order valence-electron chi connectivity index (χ0n) is 12.3. The van der Waals surface area contributed by atoms with E-state index in [0.29, 0.717) is 19.0 Å². The van der Waals surface area contributed by atoms with E-state index in [0.717, 1.165) is 23.5 Å². The Hall–Kier alpha value is -1.65. The maximum Gasteiger partial charge on any atom is 0.410 e. The summed E-state index contributed by atoms with van der Waals surface area (Å²) in [7, 11) is 0. The highest BCUT2D eigenvalue weighted by molar-refractivity contribution is 5.68. The number of aromatic nitrogens is 2. The van der Waals surface area contributed by atoms with Crippen LogP contribution >= 0.6 is 0 Å². The topological polar surface area (TPSA) is 55.3 Å². The molecule has 0 atom stereocenters. The molecule has 5 nitrogen and oxygen atoms in total. The van der Waals surface area contributed by atoms with Gasteiger partial charge in [-0.2, -0.15) is 0 Å². The Morgan fingerprint density at radius 1 is 1.40 bits per heavy atom. The normalized spacial score (nSPS) is 18.6. The van der Waals surface area contributed by atoms with Gasteiger partial charge in [0.15, 0.2) is 0 Å². The summed E-state index contributed by atoms with van der Waals surface area (Å²) < 4.78 is 5.43. The average molecular weight is 275 g/mol. The lowest BCUT2D eigenvalue weighted by atomic mass is 10.1. The lowest BCUT2D eigenvalue weighted by Crippen LogP contribution is -2.40. The fourth-order valence-corrected chi connectivity index (χ4v) is 2.34. The van der Waals surface area contributed by atoms with Crippen molar-refractivity contribution in [3.8, 4) is 0 Å². The van der Waals surface area contributed by atoms with Crippen molar-refractivity contribution in [2.24, 2.45) is 0 Å². The zero-order chi connectivity index (χ0) is 14.3. The molecule has 108 valence electrons. The van der Waals surface area contributed by atoms with E-state index in [2.05, 4.69) is 9.97 Å². The molecule has 1 amide bonds. The lowest BCUT2D eigenvalue weighted by Gasteiger charge is -2.30. The summed E-state index contributed by atoms with van der Waals surface area (Å²) in [5, 5.41) is 0. The van der Waals surface area contributed by atoms with Crippen LogP contribution in [0.4, 0.5) is 4.79 Å². The molecule has 1 saturated carbocycles. The number of amides is 1. The Bertz CT molecular complexity index is 532. The molecule has 0 N–H and O–H groups in total. The van der Waals surface area contributed by atoms with Crippen LogP contribution in [0.5, 0.6) is 0 Å². The first kappa shape index (κ1) is 13.3. The van der Waals surface area contributed by atoms with E-state index < -0.39 is 5.60 Å². The molecule has 5 heteroatoms. The number of nitrogens with zero attached hydrogens (tertiary/aromatic N) is 3. The molecule has 2 aliphatic rings. The van der Waals surface area contributed by atoms with Crippen molar-refractivity contribution in [1.29, 1.82) is 0 Å². The minimum atomic E-state index is -0.456. The molecule has 1 aliphatic carbocycles. The predicted octanol–water partition coefficient (Wildman–Crippen LogP) is 2.65. The summed E-state index contributed by atoms with van der Waals surface area (Å²) >= 11 is 0. The average Bonchev–Trinajstić information content (AvgIpc) is 3.19. The fraction of sp³-hybridized carbons (Fsp3) is 0.667. The maximum atomic E-state index is 12.1. The Kier molecular flexibility index (Phi) is 3.15. The summed E-state index contributed by atoms with van der Waals surface area (Å²) in [5.74, 6) is 1.48. The van der Waals surface area contributed by atoms with E-state index in [4.69, 9.17) is 4.74 Å². The van der Waals surface area contributed by atoms with Gasteiger partial charge in [0.25, 0.3) is 0 Å². The van der Waals surface area contributed by atoms with Gasteiger partial charge in [-0.3, -0.25) is 0 Å². The molecule has 0 unspecified atom stereocenters. The van der Waals surface area contributed by atoms with Crippen LogP contribution in [0, 0.1) is 0 Å². The number of rotatable bonds is 1. The highest BCUT2D eigenvalue weighted by Crippen LogP contribution is 2.38. The highest BCUT2D eigenvalue weighted by Gasteiger charge is 2.30. The molecule has 1 aromatic rings. The van der Waals surface area contributed by atoms with Crippen molar-refractivity contribution in [3.63, 3.8) is 0 Å². The van der Waals surface area contributed by atoms with Crippen LogP contribution in [0.2, 0.25) is 0 Å². The summed E-state index contributed by atoms with van der Waals surface area (Å²) in [4.78, 5) is 22.9. The van der Waals surface area contributed by atoms with Crippen molar-refractivity contribution in [1.82, 2.24) is 14.9 Å². The van der Waals surface area contributed by atoms with E-state index in [1.54, 1.807) is 4.90 Å². The van der Waals surface area contributed by atoms with Crippen molar-refractivity contribution in [2.75, 3.05) is 6.54 Å². The second-order valence-corrected chi connectivity index (χ2v) is 6.63. The monoisotopic (exact) mass is 275 g/mol. The molecule has 20 heavy (non-hydrogen) atoms. The molecule has 0 bridgehead atoms. The van der Waals surface area contributed by atoms with Crippen molar-refractivity contribution in [2.45, 2.75) is 58.1 Å². The SMILES string of the molecule is CC(C)(C)OC(=O)N1CCc2cnc(C3CC3)nc2C1. The molecule has 1 fully saturated rings. The molecule has 1 aromatic heterocycles. The third kappa shape index (κ3) is 2.92. The molecule has 0 spiro atoms. The fourth-order valence-electron chi connectivity index (χ4n) is 2.34. The number of carbonyl (C=O) groups excluding carboxylic acids is 1. The van der Waals surface area contributed by atoms with Crippen molar-refractivity contribution < 1.29 is 9.53 Å². The summed E-state index contributed by atoms with van der Waals surface area (Å²) in [6.45, 7) is 6.86. The smallest absolute Gasteiger partial charge is 0.410 e. The van der Waals surface area contributed by atoms with Gasteiger partial charge in [-0.15, -0.1) is 0 Å². The second kappa shape index (κ2) is 4.72. The first-order valence-electron chi connectivity index (χ1n) is 7.25. The van der Waals surface area contributed by atoms with Gasteiger partial charge in [0.05, 0.1) is 12.2 Å². The number of hydrogen-bond acceptors (Lipinski definition) is 4. The minimum Gasteiger partial charge on any atom is -0.444 e. The first-order valence-corrected chi connectivity index (χ1v) is 7.25. The Morgan fingerprint density at radius 3 is 2.80 bits per heavy atom. The Balaban J connectivity index is 1.73. The number of fused-ring (bicyclic) bond motifs is 1. The summed E-state index contributed by atoms with van der Waals surface area (Å²) in [6, 6.07) is 0. The molecule has 0 aromatic carbocycles. The van der Waals surface area contributed by atoms with Crippen LogP contribution in [-0.2, 0) is 17.7 Å². The number of ether oxygens (including phenoxy) is 1. The van der Waals surface area contributed by atoms with Gasteiger partial charge in [-0.25, -0.2) is 14.8 Å². The van der Waals surface area contributed by atoms with Gasteiger partial charge in [0.1, 0.15) is 11.4 Å². The molecule has 0 radical (unpaired) electrons. The largest absolute Gasteiger partial charge is 0.444 e.